The van der Waals surface area contributed by atoms with Gasteiger partial charge in [0.25, 0.3) is 5.91 Å². The molecule has 1 aromatic heterocycles. The molecule has 0 spiro atoms. The molecule has 1 atom stereocenters. The Bertz CT molecular complexity index is 1150. The highest BCUT2D eigenvalue weighted by molar-refractivity contribution is 5.95. The van der Waals surface area contributed by atoms with Crippen molar-refractivity contribution in [2.75, 3.05) is 5.32 Å². The summed E-state index contributed by atoms with van der Waals surface area (Å²) in [4.78, 5) is 13.1. The molecule has 0 bridgehead atoms. The van der Waals surface area contributed by atoms with Crippen LogP contribution in [0.25, 0.3) is 5.69 Å². The monoisotopic (exact) mass is 403 g/mol. The van der Waals surface area contributed by atoms with Gasteiger partial charge in [0.15, 0.2) is 5.82 Å². The van der Waals surface area contributed by atoms with Gasteiger partial charge >= 0.3 is 0 Å². The molecular formula is C22H18FN5O2. The Hall–Kier alpha value is -4.07. The molecule has 1 amide bonds. The van der Waals surface area contributed by atoms with Crippen molar-refractivity contribution in [1.29, 1.82) is 0 Å². The van der Waals surface area contributed by atoms with Crippen LogP contribution in [0.1, 0.15) is 17.5 Å². The number of halogens is 1. The van der Waals surface area contributed by atoms with Crippen molar-refractivity contribution in [3.63, 3.8) is 0 Å². The Kier molecular flexibility index (Phi) is 5.47. The topological polar surface area (TPSA) is 81.9 Å². The average Bonchev–Trinajstić information content (AvgIpc) is 3.20. The number of nitrogens with one attached hydrogen (secondary N) is 1. The highest BCUT2D eigenvalue weighted by Gasteiger charge is 2.24. The van der Waals surface area contributed by atoms with Crippen molar-refractivity contribution in [1.82, 2.24) is 20.2 Å². The fraction of sp³-hybridized carbons (Fsp3) is 0.0909. The van der Waals surface area contributed by atoms with Crippen molar-refractivity contribution >= 4 is 11.6 Å². The molecule has 0 saturated carbocycles. The number of benzene rings is 3. The van der Waals surface area contributed by atoms with Crippen LogP contribution in [0.15, 0.2) is 78.9 Å². The van der Waals surface area contributed by atoms with Crippen LogP contribution in [0.4, 0.5) is 10.1 Å². The van der Waals surface area contributed by atoms with Gasteiger partial charge in [0, 0.05) is 5.56 Å². The minimum atomic E-state index is -0.966. The zero-order valence-corrected chi connectivity index (χ0v) is 16.1. The lowest BCUT2D eigenvalue weighted by molar-refractivity contribution is -0.123. The number of ether oxygens (including phenoxy) is 1. The number of carbonyl (C=O) groups excluding carboxylic acids is 1. The number of para-hydroxylation sites is 1. The van der Waals surface area contributed by atoms with Crippen LogP contribution in [0.3, 0.4) is 0 Å². The Labute approximate surface area is 172 Å². The third-order valence-electron chi connectivity index (χ3n) is 4.42. The molecule has 0 fully saturated rings. The van der Waals surface area contributed by atoms with Gasteiger partial charge in [-0.05, 0) is 47.7 Å². The maximum atomic E-state index is 14.4. The molecule has 1 N–H and O–H groups in total. The van der Waals surface area contributed by atoms with E-state index in [1.807, 2.05) is 36.4 Å². The highest BCUT2D eigenvalue weighted by atomic mass is 19.1. The first-order valence-corrected chi connectivity index (χ1v) is 9.24. The fourth-order valence-corrected chi connectivity index (χ4v) is 2.95. The molecule has 0 radical (unpaired) electrons. The van der Waals surface area contributed by atoms with Crippen molar-refractivity contribution in [2.45, 2.75) is 13.0 Å². The van der Waals surface area contributed by atoms with E-state index in [4.69, 9.17) is 4.74 Å². The minimum absolute atomic E-state index is 0.00462. The highest BCUT2D eigenvalue weighted by Crippen LogP contribution is 2.25. The standard InChI is InChI=1S/C22H18FN5O2/c1-15-25-26-27-28(15)17-12-13-19(23)20(14-17)24-22(29)21(16-8-4-2-5-9-16)30-18-10-6-3-7-11-18/h2-14,21H,1H3,(H,24,29). The molecule has 1 unspecified atom stereocenters. The zero-order chi connectivity index (χ0) is 20.9. The molecule has 7 nitrogen and oxygen atoms in total. The first-order chi connectivity index (χ1) is 14.6. The van der Waals surface area contributed by atoms with Crippen LogP contribution < -0.4 is 10.1 Å². The normalized spacial score (nSPS) is 11.7. The SMILES string of the molecule is Cc1nnnn1-c1ccc(F)c(NC(=O)C(Oc2ccccc2)c2ccccc2)c1. The molecule has 0 aliphatic rings. The second-order valence-electron chi connectivity index (χ2n) is 6.51. The summed E-state index contributed by atoms with van der Waals surface area (Å²) in [6, 6.07) is 22.3. The van der Waals surface area contributed by atoms with Gasteiger partial charge < -0.3 is 10.1 Å². The lowest BCUT2D eigenvalue weighted by atomic mass is 10.1. The molecule has 4 aromatic rings. The quantitative estimate of drug-likeness (QED) is 0.529. The number of nitrogens with zero attached hydrogens (tertiary/aromatic N) is 4. The summed E-state index contributed by atoms with van der Waals surface area (Å²) in [5, 5.41) is 13.9. The zero-order valence-electron chi connectivity index (χ0n) is 16.1. The summed E-state index contributed by atoms with van der Waals surface area (Å²) in [5.74, 6) is -0.0209. The molecule has 1 heterocycles. The average molecular weight is 403 g/mol. The van der Waals surface area contributed by atoms with Crippen molar-refractivity contribution < 1.29 is 13.9 Å². The molecule has 0 aliphatic heterocycles. The van der Waals surface area contributed by atoms with Gasteiger partial charge in [0.05, 0.1) is 11.4 Å². The molecular weight excluding hydrogens is 385 g/mol. The number of rotatable bonds is 6. The number of tetrazole rings is 1. The van der Waals surface area contributed by atoms with Gasteiger partial charge in [0.1, 0.15) is 11.6 Å². The van der Waals surface area contributed by atoms with Gasteiger partial charge in [-0.3, -0.25) is 4.79 Å². The molecule has 150 valence electrons. The van der Waals surface area contributed by atoms with Crippen LogP contribution in [-0.4, -0.2) is 26.1 Å². The largest absolute Gasteiger partial charge is 0.476 e. The van der Waals surface area contributed by atoms with Crippen LogP contribution in [0.5, 0.6) is 5.75 Å². The number of hydrogen-bond donors (Lipinski definition) is 1. The Morgan fingerprint density at radius 3 is 2.40 bits per heavy atom. The van der Waals surface area contributed by atoms with Gasteiger partial charge in [-0.15, -0.1) is 5.10 Å². The Morgan fingerprint density at radius 1 is 1.03 bits per heavy atom. The first kappa shape index (κ1) is 19.3. The fourth-order valence-electron chi connectivity index (χ4n) is 2.95. The maximum Gasteiger partial charge on any atom is 0.270 e. The molecule has 4 rings (SSSR count). The second kappa shape index (κ2) is 8.52. The van der Waals surface area contributed by atoms with E-state index >= 15 is 0 Å². The predicted molar refractivity (Wildman–Crippen MR) is 109 cm³/mol. The van der Waals surface area contributed by atoms with E-state index in [0.717, 1.165) is 0 Å². The summed E-state index contributed by atoms with van der Waals surface area (Å²) >= 11 is 0. The van der Waals surface area contributed by atoms with E-state index in [1.165, 1.54) is 22.9 Å². The van der Waals surface area contributed by atoms with Crippen LogP contribution in [-0.2, 0) is 4.79 Å². The Morgan fingerprint density at radius 2 is 1.73 bits per heavy atom. The summed E-state index contributed by atoms with van der Waals surface area (Å²) in [5.41, 5.74) is 1.17. The first-order valence-electron chi connectivity index (χ1n) is 9.24. The van der Waals surface area contributed by atoms with E-state index in [2.05, 4.69) is 20.8 Å². The van der Waals surface area contributed by atoms with Gasteiger partial charge in [-0.25, -0.2) is 4.39 Å². The molecule has 0 aliphatic carbocycles. The number of carbonyl (C=O) groups is 1. The van der Waals surface area contributed by atoms with Crippen molar-refractivity contribution in [2.24, 2.45) is 0 Å². The molecule has 8 heteroatoms. The number of hydrogen-bond acceptors (Lipinski definition) is 5. The molecule has 30 heavy (non-hydrogen) atoms. The second-order valence-corrected chi connectivity index (χ2v) is 6.51. The van der Waals surface area contributed by atoms with E-state index in [0.29, 0.717) is 22.8 Å². The van der Waals surface area contributed by atoms with E-state index in [1.54, 1.807) is 31.2 Å². The lowest BCUT2D eigenvalue weighted by Crippen LogP contribution is -2.26. The number of amides is 1. The third kappa shape index (κ3) is 4.17. The lowest BCUT2D eigenvalue weighted by Gasteiger charge is -2.19. The Balaban J connectivity index is 1.63. The van der Waals surface area contributed by atoms with E-state index in [9.17, 15) is 9.18 Å². The minimum Gasteiger partial charge on any atom is -0.476 e. The summed E-state index contributed by atoms with van der Waals surface area (Å²) in [7, 11) is 0. The smallest absolute Gasteiger partial charge is 0.270 e. The third-order valence-corrected chi connectivity index (χ3v) is 4.42. The molecule has 0 saturated heterocycles. The van der Waals surface area contributed by atoms with Crippen molar-refractivity contribution in [3.05, 3.63) is 96.1 Å². The summed E-state index contributed by atoms with van der Waals surface area (Å²) in [6.45, 7) is 1.72. The van der Waals surface area contributed by atoms with Crippen LogP contribution in [0.2, 0.25) is 0 Å². The van der Waals surface area contributed by atoms with Crippen LogP contribution >= 0.6 is 0 Å². The van der Waals surface area contributed by atoms with Gasteiger partial charge in [-0.2, -0.15) is 4.68 Å². The molecule has 3 aromatic carbocycles. The summed E-state index contributed by atoms with van der Waals surface area (Å²) < 4.78 is 21.8. The van der Waals surface area contributed by atoms with Crippen LogP contribution in [0, 0.1) is 12.7 Å². The predicted octanol–water partition coefficient (Wildman–Crippen LogP) is 3.87. The van der Waals surface area contributed by atoms with E-state index in [-0.39, 0.29) is 5.69 Å². The maximum absolute atomic E-state index is 14.4. The number of aromatic nitrogens is 4. The van der Waals surface area contributed by atoms with E-state index < -0.39 is 17.8 Å². The van der Waals surface area contributed by atoms with Crippen molar-refractivity contribution in [3.8, 4) is 11.4 Å². The number of aryl methyl sites for hydroxylation is 1. The van der Waals surface area contributed by atoms with Gasteiger partial charge in [-0.1, -0.05) is 48.5 Å². The number of anilines is 1. The van der Waals surface area contributed by atoms with Gasteiger partial charge in [0.2, 0.25) is 6.10 Å². The summed E-state index contributed by atoms with van der Waals surface area (Å²) in [6.07, 6.45) is -0.966.